The third-order valence-electron chi connectivity index (χ3n) is 6.78. The summed E-state index contributed by atoms with van der Waals surface area (Å²) >= 11 is 0. The molecule has 2 aliphatic carbocycles. The molecule has 4 aliphatic rings. The second-order valence-corrected chi connectivity index (χ2v) is 9.42. The van der Waals surface area contributed by atoms with Gasteiger partial charge >= 0.3 is 0 Å². The quantitative estimate of drug-likeness (QED) is 0.389. The van der Waals surface area contributed by atoms with Crippen molar-refractivity contribution in [3.8, 4) is 0 Å². The van der Waals surface area contributed by atoms with Crippen LogP contribution in [-0.2, 0) is 36.2 Å². The molecule has 0 spiro atoms. The molecule has 2 saturated heterocycles. The predicted molar refractivity (Wildman–Crippen MR) is 144 cm³/mol. The monoisotopic (exact) mass is 603 g/mol. The van der Waals surface area contributed by atoms with Crippen molar-refractivity contribution >= 4 is 23.4 Å². The normalized spacial score (nSPS) is 24.5. The van der Waals surface area contributed by atoms with E-state index in [4.69, 9.17) is 8.83 Å². The van der Waals surface area contributed by atoms with E-state index in [1.165, 1.54) is 36.0 Å². The van der Waals surface area contributed by atoms with Gasteiger partial charge in [0.05, 0.1) is 12.5 Å². The molecule has 2 aliphatic heterocycles. The van der Waals surface area contributed by atoms with Gasteiger partial charge in [-0.3, -0.25) is 30.0 Å². The molecule has 2 aromatic rings. The van der Waals surface area contributed by atoms with E-state index in [1.54, 1.807) is 49.0 Å². The van der Waals surface area contributed by atoms with Crippen LogP contribution >= 0.6 is 0 Å². The van der Waals surface area contributed by atoms with Crippen LogP contribution in [0.4, 0.5) is 0 Å². The van der Waals surface area contributed by atoms with Gasteiger partial charge in [-0.05, 0) is 48.6 Å². The van der Waals surface area contributed by atoms with E-state index in [0.717, 1.165) is 11.4 Å². The summed E-state index contributed by atoms with van der Waals surface area (Å²) < 4.78 is 10.8. The van der Waals surface area contributed by atoms with Crippen LogP contribution in [-0.4, -0.2) is 33.4 Å². The maximum Gasteiger partial charge on any atom is 0.238 e. The Kier molecular flexibility index (Phi) is 9.11. The molecule has 0 saturated carbocycles. The van der Waals surface area contributed by atoms with Gasteiger partial charge < -0.3 is 8.83 Å². The molecular formula is C30H28CuN4O6. The SMILES string of the molecule is CC(=O)N1N/C(=C2/C=CC=CC2=O)CC1c1ccco1.CC(=O)N1N/C(=C2/C=CC=CC2=O)CC1c1ccco1.[Cu]. The van der Waals surface area contributed by atoms with Gasteiger partial charge in [0.15, 0.2) is 11.6 Å². The van der Waals surface area contributed by atoms with Crippen molar-refractivity contribution in [3.63, 3.8) is 0 Å². The molecule has 2 aromatic heterocycles. The summed E-state index contributed by atoms with van der Waals surface area (Å²) in [5, 5.41) is 3.00. The maximum absolute atomic E-state index is 11.9. The topological polar surface area (TPSA) is 125 Å². The zero-order chi connectivity index (χ0) is 28.2. The molecule has 10 nitrogen and oxygen atoms in total. The number of hydrogen-bond donors (Lipinski definition) is 2. The largest absolute Gasteiger partial charge is 0.467 e. The van der Waals surface area contributed by atoms with Gasteiger partial charge in [0.2, 0.25) is 11.8 Å². The maximum atomic E-state index is 11.9. The fraction of sp³-hybridized carbons (Fsp3) is 0.200. The van der Waals surface area contributed by atoms with Gasteiger partial charge in [-0.2, -0.15) is 0 Å². The van der Waals surface area contributed by atoms with Crippen LogP contribution in [0.25, 0.3) is 0 Å². The van der Waals surface area contributed by atoms with Gasteiger partial charge in [-0.15, -0.1) is 0 Å². The number of carbonyl (C=O) groups excluding carboxylic acids is 4. The molecule has 41 heavy (non-hydrogen) atoms. The Hall–Kier alpha value is -4.60. The number of allylic oxidation sites excluding steroid dienone is 10. The van der Waals surface area contributed by atoms with Gasteiger partial charge in [0.25, 0.3) is 0 Å². The Morgan fingerprint density at radius 2 is 1.10 bits per heavy atom. The van der Waals surface area contributed by atoms with Crippen molar-refractivity contribution in [1.29, 1.82) is 0 Å². The van der Waals surface area contributed by atoms with Crippen molar-refractivity contribution in [2.75, 3.05) is 0 Å². The summed E-state index contributed by atoms with van der Waals surface area (Å²) in [5.74, 6) is 1.05. The van der Waals surface area contributed by atoms with Crippen LogP contribution in [0.15, 0.2) is 117 Å². The second kappa shape index (κ2) is 12.7. The fourth-order valence-corrected chi connectivity index (χ4v) is 4.89. The first-order chi connectivity index (χ1) is 19.3. The Labute approximate surface area is 247 Å². The number of amides is 2. The molecule has 2 unspecified atom stereocenters. The smallest absolute Gasteiger partial charge is 0.238 e. The summed E-state index contributed by atoms with van der Waals surface area (Å²) in [6.07, 6.45) is 17.8. The van der Waals surface area contributed by atoms with E-state index in [1.807, 2.05) is 24.3 Å². The van der Waals surface area contributed by atoms with Crippen LogP contribution in [0.1, 0.15) is 50.3 Å². The van der Waals surface area contributed by atoms with E-state index in [-0.39, 0.29) is 52.5 Å². The number of ketones is 2. The van der Waals surface area contributed by atoms with E-state index in [2.05, 4.69) is 10.9 Å². The number of nitrogens with zero attached hydrogens (tertiary/aromatic N) is 2. The predicted octanol–water partition coefficient (Wildman–Crippen LogP) is 4.05. The fourth-order valence-electron chi connectivity index (χ4n) is 4.89. The van der Waals surface area contributed by atoms with E-state index >= 15 is 0 Å². The number of hydrogen-bond acceptors (Lipinski definition) is 8. The van der Waals surface area contributed by atoms with E-state index in [0.29, 0.717) is 35.5 Å². The molecule has 0 aromatic carbocycles. The number of rotatable bonds is 2. The summed E-state index contributed by atoms with van der Waals surface area (Å²) in [6.45, 7) is 2.96. The molecule has 2 atom stereocenters. The molecule has 1 radical (unpaired) electrons. The van der Waals surface area contributed by atoms with Crippen molar-refractivity contribution in [3.05, 3.63) is 119 Å². The molecular weight excluding hydrogens is 576 g/mol. The third kappa shape index (κ3) is 6.26. The summed E-state index contributed by atoms with van der Waals surface area (Å²) in [4.78, 5) is 47.3. The molecule has 2 N–H and O–H groups in total. The first-order valence-electron chi connectivity index (χ1n) is 12.8. The van der Waals surface area contributed by atoms with Crippen molar-refractivity contribution in [2.45, 2.75) is 38.8 Å². The summed E-state index contributed by atoms with van der Waals surface area (Å²) in [7, 11) is 0. The first kappa shape index (κ1) is 29.4. The molecule has 215 valence electrons. The Morgan fingerprint density at radius 1 is 0.707 bits per heavy atom. The first-order valence-corrected chi connectivity index (χ1v) is 12.8. The average molecular weight is 604 g/mol. The minimum atomic E-state index is -0.225. The number of carbonyl (C=O) groups is 4. The Bertz CT molecular complexity index is 1400. The average Bonchev–Trinajstić information content (AvgIpc) is 3.74. The summed E-state index contributed by atoms with van der Waals surface area (Å²) in [6, 6.07) is 6.78. The zero-order valence-corrected chi connectivity index (χ0v) is 23.2. The van der Waals surface area contributed by atoms with Crippen LogP contribution < -0.4 is 10.9 Å². The van der Waals surface area contributed by atoms with Gasteiger partial charge in [-0.25, -0.2) is 10.0 Å². The second-order valence-electron chi connectivity index (χ2n) is 9.42. The zero-order valence-electron chi connectivity index (χ0n) is 22.3. The Morgan fingerprint density at radius 3 is 1.41 bits per heavy atom. The van der Waals surface area contributed by atoms with Crippen LogP contribution in [0, 0.1) is 0 Å². The van der Waals surface area contributed by atoms with Crippen molar-refractivity contribution < 1.29 is 45.1 Å². The molecule has 6 rings (SSSR count). The third-order valence-corrected chi connectivity index (χ3v) is 6.78. The molecule has 0 bridgehead atoms. The van der Waals surface area contributed by atoms with Crippen LogP contribution in [0.2, 0.25) is 0 Å². The number of nitrogens with one attached hydrogen (secondary N) is 2. The minimum Gasteiger partial charge on any atom is -0.467 e. The van der Waals surface area contributed by atoms with Crippen LogP contribution in [0.3, 0.4) is 0 Å². The molecule has 4 heterocycles. The van der Waals surface area contributed by atoms with E-state index in [9.17, 15) is 19.2 Å². The van der Waals surface area contributed by atoms with E-state index < -0.39 is 0 Å². The van der Waals surface area contributed by atoms with Crippen LogP contribution in [0.5, 0.6) is 0 Å². The van der Waals surface area contributed by atoms with Gasteiger partial charge in [0.1, 0.15) is 23.6 Å². The summed E-state index contributed by atoms with van der Waals surface area (Å²) in [5.41, 5.74) is 8.72. The standard InChI is InChI=1S/2C15H14N2O3.Cu/c2*1-10(18)17-13(15-7-4-8-20-15)9-12(16-17)11-5-2-3-6-14(11)19;/h2*2-8,13,16H,9H2,1H3;/b2*12-11-;. The molecule has 2 amide bonds. The van der Waals surface area contributed by atoms with Crippen molar-refractivity contribution in [1.82, 2.24) is 20.9 Å². The Balaban J connectivity index is 0.000000184. The number of furan rings is 2. The minimum absolute atomic E-state index is 0. The van der Waals surface area contributed by atoms with Gasteiger partial charge in [-0.1, -0.05) is 24.3 Å². The number of hydrazine groups is 2. The molecule has 11 heteroatoms. The molecule has 2 fully saturated rings. The van der Waals surface area contributed by atoms with Crippen molar-refractivity contribution in [2.24, 2.45) is 0 Å². The van der Waals surface area contributed by atoms with Gasteiger partial charge in [0, 0.05) is 66.3 Å².